The van der Waals surface area contributed by atoms with Gasteiger partial charge in [-0.3, -0.25) is 0 Å². The lowest BCUT2D eigenvalue weighted by Crippen LogP contribution is -2.19. The molecule has 0 aliphatic rings. The van der Waals surface area contributed by atoms with Crippen LogP contribution in [0.1, 0.15) is 39.3 Å². The van der Waals surface area contributed by atoms with Gasteiger partial charge in [-0.2, -0.15) is 5.26 Å². The average Bonchev–Trinajstić information content (AvgIpc) is 3.36. The van der Waals surface area contributed by atoms with Gasteiger partial charge in [-0.15, -0.1) is 0 Å². The Labute approximate surface area is 255 Å². The van der Waals surface area contributed by atoms with Gasteiger partial charge in [-0.1, -0.05) is 18.2 Å². The van der Waals surface area contributed by atoms with Crippen LogP contribution in [0.25, 0.3) is 22.3 Å². The Morgan fingerprint density at radius 1 is 1.02 bits per heavy atom. The Morgan fingerprint density at radius 2 is 1.84 bits per heavy atom. The van der Waals surface area contributed by atoms with E-state index in [-0.39, 0.29) is 77.5 Å². The van der Waals surface area contributed by atoms with E-state index in [1.54, 1.807) is 24.3 Å². The fourth-order valence-electron chi connectivity index (χ4n) is 4.84. The van der Waals surface area contributed by atoms with Crippen LogP contribution in [0.15, 0.2) is 66.7 Å². The van der Waals surface area contributed by atoms with E-state index in [0.717, 1.165) is 12.1 Å². The minimum absolute atomic E-state index is 0.0125. The molecule has 0 saturated heterocycles. The number of pyridine rings is 1. The topological polar surface area (TPSA) is 130 Å². The van der Waals surface area contributed by atoms with Crippen LogP contribution in [-0.4, -0.2) is 50.5 Å². The first-order chi connectivity index (χ1) is 21.7. The third-order valence-corrected chi connectivity index (χ3v) is 7.13. The monoisotopic (exact) mass is 616 g/mol. The molecular formula is C33H27F3N4O5. The molecule has 0 aliphatic heterocycles. The van der Waals surface area contributed by atoms with Crippen molar-refractivity contribution in [3.63, 3.8) is 0 Å². The Balaban J connectivity index is 1.40. The number of nitriles is 1. The summed E-state index contributed by atoms with van der Waals surface area (Å²) in [4.78, 5) is 20.3. The second-order valence-corrected chi connectivity index (χ2v) is 10.3. The molecule has 0 bridgehead atoms. The number of methoxy groups -OCH3 is 1. The van der Waals surface area contributed by atoms with Gasteiger partial charge in [-0.05, 0) is 54.4 Å². The van der Waals surface area contributed by atoms with Gasteiger partial charge in [0, 0.05) is 37.3 Å². The summed E-state index contributed by atoms with van der Waals surface area (Å²) in [7, 11) is 1.49. The molecule has 0 aliphatic carbocycles. The maximum Gasteiger partial charge on any atom is 0.335 e. The van der Waals surface area contributed by atoms with Crippen LogP contribution >= 0.6 is 0 Å². The van der Waals surface area contributed by atoms with Gasteiger partial charge in [0.05, 0.1) is 41.1 Å². The van der Waals surface area contributed by atoms with E-state index in [4.69, 9.17) is 14.7 Å². The Hall–Kier alpha value is -5.25. The molecule has 2 heterocycles. The number of hydrogen-bond donors (Lipinski definition) is 2. The van der Waals surface area contributed by atoms with Crippen molar-refractivity contribution in [3.8, 4) is 23.2 Å². The number of hydrogen-bond acceptors (Lipinski definition) is 7. The van der Waals surface area contributed by atoms with Crippen molar-refractivity contribution in [1.82, 2.24) is 14.5 Å². The van der Waals surface area contributed by atoms with Gasteiger partial charge in [0.25, 0.3) is 0 Å². The van der Waals surface area contributed by atoms with E-state index in [1.807, 2.05) is 6.07 Å². The third kappa shape index (κ3) is 7.12. The number of benzene rings is 3. The first-order valence-electron chi connectivity index (χ1n) is 13.8. The van der Waals surface area contributed by atoms with Crippen molar-refractivity contribution < 1.29 is 37.7 Å². The molecule has 45 heavy (non-hydrogen) atoms. The summed E-state index contributed by atoms with van der Waals surface area (Å²) in [6, 6.07) is 17.3. The highest BCUT2D eigenvalue weighted by molar-refractivity contribution is 5.92. The second kappa shape index (κ2) is 13.6. The molecule has 2 N–H and O–H groups in total. The molecule has 230 valence electrons. The van der Waals surface area contributed by atoms with Crippen LogP contribution in [0, 0.1) is 28.8 Å². The minimum atomic E-state index is -1.31. The van der Waals surface area contributed by atoms with E-state index < -0.39 is 29.5 Å². The second-order valence-electron chi connectivity index (χ2n) is 10.3. The van der Waals surface area contributed by atoms with E-state index in [9.17, 15) is 23.8 Å². The lowest BCUT2D eigenvalue weighted by Gasteiger charge is -2.15. The van der Waals surface area contributed by atoms with Gasteiger partial charge in [0.1, 0.15) is 29.6 Å². The van der Waals surface area contributed by atoms with Gasteiger partial charge < -0.3 is 24.3 Å². The number of aromatic carboxylic acids is 1. The SMILES string of the molecule is COCC[C@H](O)Cn1c(Cc2ccc(-c3cccc(OCc4ccc(C#N)cc4F)n3)c(F)c2)nc2c(F)cc(C(=O)O)cc21. The van der Waals surface area contributed by atoms with E-state index in [1.165, 1.54) is 42.0 Å². The fourth-order valence-corrected chi connectivity index (χ4v) is 4.84. The number of carboxylic acids is 1. The van der Waals surface area contributed by atoms with Crippen molar-refractivity contribution >= 4 is 17.0 Å². The number of aliphatic hydroxyl groups is 1. The molecule has 3 aromatic carbocycles. The minimum Gasteiger partial charge on any atom is -0.478 e. The molecule has 0 fully saturated rings. The molecule has 1 atom stereocenters. The number of nitrogens with zero attached hydrogens (tertiary/aromatic N) is 4. The molecule has 5 aromatic rings. The maximum absolute atomic E-state index is 15.4. The predicted octanol–water partition coefficient (Wildman–Crippen LogP) is 5.65. The van der Waals surface area contributed by atoms with Crippen LogP contribution in [0.2, 0.25) is 0 Å². The normalized spacial score (nSPS) is 11.8. The Bertz CT molecular complexity index is 1920. The van der Waals surface area contributed by atoms with Crippen molar-refractivity contribution in [2.45, 2.75) is 32.1 Å². The number of aliphatic hydroxyl groups excluding tert-OH is 1. The third-order valence-electron chi connectivity index (χ3n) is 7.13. The molecule has 0 spiro atoms. The van der Waals surface area contributed by atoms with Gasteiger partial charge >= 0.3 is 5.97 Å². The van der Waals surface area contributed by atoms with E-state index in [2.05, 4.69) is 9.97 Å². The summed E-state index contributed by atoms with van der Waals surface area (Å²) in [6.07, 6.45) is -0.568. The number of carboxylic acid groups (broad SMARTS) is 1. The number of imidazole rings is 1. The van der Waals surface area contributed by atoms with Crippen LogP contribution in [0.5, 0.6) is 5.88 Å². The highest BCUT2D eigenvalue weighted by atomic mass is 19.1. The molecule has 0 saturated carbocycles. The summed E-state index contributed by atoms with van der Waals surface area (Å²) >= 11 is 0. The first-order valence-corrected chi connectivity index (χ1v) is 13.8. The molecule has 2 aromatic heterocycles. The zero-order valence-electron chi connectivity index (χ0n) is 24.0. The molecule has 12 heteroatoms. The summed E-state index contributed by atoms with van der Waals surface area (Å²) in [5.41, 5.74) is 1.21. The predicted molar refractivity (Wildman–Crippen MR) is 157 cm³/mol. The van der Waals surface area contributed by atoms with Crippen molar-refractivity contribution in [2.75, 3.05) is 13.7 Å². The van der Waals surface area contributed by atoms with Crippen molar-refractivity contribution in [1.29, 1.82) is 5.26 Å². The molecule has 9 nitrogen and oxygen atoms in total. The van der Waals surface area contributed by atoms with E-state index >= 15 is 4.39 Å². The van der Waals surface area contributed by atoms with Crippen molar-refractivity contribution in [3.05, 3.63) is 112 Å². The fraction of sp³-hybridized carbons (Fsp3) is 0.212. The highest BCUT2D eigenvalue weighted by Gasteiger charge is 2.20. The molecular weight excluding hydrogens is 589 g/mol. The first kappa shape index (κ1) is 31.2. The van der Waals surface area contributed by atoms with Crippen LogP contribution < -0.4 is 4.74 Å². The lowest BCUT2D eigenvalue weighted by molar-refractivity contribution is 0.0696. The largest absolute Gasteiger partial charge is 0.478 e. The van der Waals surface area contributed by atoms with Crippen LogP contribution in [-0.2, 0) is 24.3 Å². The highest BCUT2D eigenvalue weighted by Crippen LogP contribution is 2.28. The lowest BCUT2D eigenvalue weighted by atomic mass is 10.1. The Morgan fingerprint density at radius 3 is 2.56 bits per heavy atom. The molecule has 5 rings (SSSR count). The Kier molecular flexibility index (Phi) is 9.42. The molecule has 0 radical (unpaired) electrons. The number of halogens is 3. The van der Waals surface area contributed by atoms with Crippen LogP contribution in [0.4, 0.5) is 13.2 Å². The van der Waals surface area contributed by atoms with Gasteiger partial charge in [0.15, 0.2) is 5.82 Å². The standard InChI is InChI=1S/C33H27F3N4O5/c1-44-10-9-23(41)17-40-29-15-22(33(42)43)14-27(36)32(29)39-30(40)13-19-6-8-24(26(35)11-19)28-3-2-4-31(38-28)45-18-21-7-5-20(16-37)12-25(21)34/h2-8,11-12,14-15,23,41H,9-10,13,17-18H2,1H3,(H,42,43)/t23-/m0/s1. The van der Waals surface area contributed by atoms with Crippen LogP contribution in [0.3, 0.4) is 0 Å². The number of fused-ring (bicyclic) bond motifs is 1. The zero-order valence-corrected chi connectivity index (χ0v) is 24.0. The summed E-state index contributed by atoms with van der Waals surface area (Å²) in [6.45, 7) is 0.115. The quantitative estimate of drug-likeness (QED) is 0.184. The number of carbonyl (C=O) groups is 1. The maximum atomic E-state index is 15.4. The summed E-state index contributed by atoms with van der Waals surface area (Å²) < 4.78 is 56.7. The van der Waals surface area contributed by atoms with Crippen molar-refractivity contribution in [2.24, 2.45) is 0 Å². The average molecular weight is 617 g/mol. The number of ether oxygens (including phenoxy) is 2. The number of rotatable bonds is 12. The zero-order chi connectivity index (χ0) is 32.1. The van der Waals surface area contributed by atoms with E-state index in [0.29, 0.717) is 11.4 Å². The molecule has 0 amide bonds. The van der Waals surface area contributed by atoms with Gasteiger partial charge in [0.2, 0.25) is 5.88 Å². The summed E-state index contributed by atoms with van der Waals surface area (Å²) in [5, 5.41) is 28.9. The number of aromatic nitrogens is 3. The van der Waals surface area contributed by atoms with Gasteiger partial charge in [-0.25, -0.2) is 27.9 Å². The smallest absolute Gasteiger partial charge is 0.335 e. The summed E-state index contributed by atoms with van der Waals surface area (Å²) in [5.74, 6) is -2.88. The molecule has 0 unspecified atom stereocenters.